The van der Waals surface area contributed by atoms with Crippen molar-refractivity contribution in [2.24, 2.45) is 11.1 Å². The average molecular weight is 270 g/mol. The summed E-state index contributed by atoms with van der Waals surface area (Å²) in [4.78, 5) is 14.0. The van der Waals surface area contributed by atoms with Crippen molar-refractivity contribution in [1.82, 2.24) is 4.90 Å². The molecule has 1 heterocycles. The Morgan fingerprint density at radius 1 is 1.56 bits per heavy atom. The largest absolute Gasteiger partial charge is 0.337 e. The zero-order chi connectivity index (χ0) is 13.8. The zero-order valence-corrected chi connectivity index (χ0v) is 12.8. The number of carbonyl (C=O) groups excluding carboxylic acids is 1. The quantitative estimate of drug-likeness (QED) is 0.797. The number of nitrogens with two attached hydrogens (primary N) is 1. The van der Waals surface area contributed by atoms with Crippen molar-refractivity contribution in [3.63, 3.8) is 0 Å². The van der Waals surface area contributed by atoms with Crippen molar-refractivity contribution in [3.8, 4) is 0 Å². The van der Waals surface area contributed by atoms with Crippen LogP contribution in [-0.2, 0) is 4.79 Å². The van der Waals surface area contributed by atoms with Gasteiger partial charge in [0.25, 0.3) is 0 Å². The maximum absolute atomic E-state index is 12.1. The minimum atomic E-state index is -0.331. The molecular formula is C14H26N2OS. The Morgan fingerprint density at radius 3 is 2.67 bits per heavy atom. The molecule has 18 heavy (non-hydrogen) atoms. The fourth-order valence-corrected chi connectivity index (χ4v) is 2.64. The molecule has 0 saturated heterocycles. The van der Waals surface area contributed by atoms with E-state index in [1.165, 1.54) is 5.57 Å². The molecule has 0 aliphatic carbocycles. The summed E-state index contributed by atoms with van der Waals surface area (Å²) in [6, 6.07) is -0.331. The van der Waals surface area contributed by atoms with E-state index in [-0.39, 0.29) is 17.4 Å². The molecular weight excluding hydrogens is 244 g/mol. The highest BCUT2D eigenvalue weighted by atomic mass is 32.2. The Morgan fingerprint density at radius 2 is 2.22 bits per heavy atom. The molecule has 0 fully saturated rings. The van der Waals surface area contributed by atoms with Gasteiger partial charge in [-0.3, -0.25) is 4.79 Å². The van der Waals surface area contributed by atoms with Crippen LogP contribution in [0.5, 0.6) is 0 Å². The number of amides is 1. The van der Waals surface area contributed by atoms with Crippen LogP contribution in [0, 0.1) is 5.41 Å². The molecule has 0 radical (unpaired) electrons. The summed E-state index contributed by atoms with van der Waals surface area (Å²) >= 11 is 1.74. The van der Waals surface area contributed by atoms with Crippen molar-refractivity contribution < 1.29 is 4.79 Å². The average Bonchev–Trinajstić information content (AvgIpc) is 2.34. The van der Waals surface area contributed by atoms with Gasteiger partial charge < -0.3 is 10.6 Å². The van der Waals surface area contributed by atoms with Gasteiger partial charge in [-0.25, -0.2) is 0 Å². The number of rotatable bonds is 4. The molecule has 1 amide bonds. The van der Waals surface area contributed by atoms with Gasteiger partial charge in [0.15, 0.2) is 0 Å². The third-order valence-electron chi connectivity index (χ3n) is 3.43. The van der Waals surface area contributed by atoms with E-state index in [2.05, 4.69) is 26.8 Å². The van der Waals surface area contributed by atoms with E-state index in [4.69, 9.17) is 5.73 Å². The van der Waals surface area contributed by atoms with E-state index in [1.54, 1.807) is 11.8 Å². The number of hydrogen-bond donors (Lipinski definition) is 1. The van der Waals surface area contributed by atoms with Gasteiger partial charge >= 0.3 is 0 Å². The lowest BCUT2D eigenvalue weighted by Gasteiger charge is -2.33. The van der Waals surface area contributed by atoms with Crippen molar-refractivity contribution >= 4 is 17.7 Å². The second-order valence-corrected chi connectivity index (χ2v) is 6.89. The Hall–Kier alpha value is -0.480. The molecule has 0 saturated carbocycles. The highest BCUT2D eigenvalue weighted by Crippen LogP contribution is 2.30. The topological polar surface area (TPSA) is 46.3 Å². The van der Waals surface area contributed by atoms with Crippen molar-refractivity contribution in [2.45, 2.75) is 39.7 Å². The van der Waals surface area contributed by atoms with Crippen LogP contribution in [0.4, 0.5) is 0 Å². The lowest BCUT2D eigenvalue weighted by atomic mass is 9.83. The standard InChI is InChI=1S/C14H26N2OS/c1-14(2,3)11-5-8-16(9-6-11)13(17)12(15)7-10-18-4/h5,12H,6-10,15H2,1-4H3/t12-/m0/s1. The van der Waals surface area contributed by atoms with Crippen LogP contribution in [-0.4, -0.2) is 41.9 Å². The van der Waals surface area contributed by atoms with Gasteiger partial charge in [-0.15, -0.1) is 0 Å². The number of nitrogens with zero attached hydrogens (tertiary/aromatic N) is 1. The second-order valence-electron chi connectivity index (χ2n) is 5.90. The zero-order valence-electron chi connectivity index (χ0n) is 12.0. The monoisotopic (exact) mass is 270 g/mol. The lowest BCUT2D eigenvalue weighted by molar-refractivity contribution is -0.132. The summed E-state index contributed by atoms with van der Waals surface area (Å²) in [6.45, 7) is 8.20. The van der Waals surface area contributed by atoms with Crippen LogP contribution in [0.1, 0.15) is 33.6 Å². The lowest BCUT2D eigenvalue weighted by Crippen LogP contribution is -2.46. The Kier molecular flexibility index (Phi) is 5.73. The van der Waals surface area contributed by atoms with Gasteiger partial charge in [-0.2, -0.15) is 11.8 Å². The SMILES string of the molecule is CSCC[C@H](N)C(=O)N1CC=C(C(C)(C)C)CC1. The van der Waals surface area contributed by atoms with Crippen LogP contribution < -0.4 is 5.73 Å². The van der Waals surface area contributed by atoms with E-state index in [0.717, 1.165) is 31.7 Å². The third kappa shape index (κ3) is 4.32. The number of carbonyl (C=O) groups is 1. The molecule has 4 heteroatoms. The molecule has 0 aromatic rings. The summed E-state index contributed by atoms with van der Waals surface area (Å²) in [5, 5.41) is 0. The van der Waals surface area contributed by atoms with Crippen molar-refractivity contribution in [1.29, 1.82) is 0 Å². The molecule has 0 bridgehead atoms. The van der Waals surface area contributed by atoms with Gasteiger partial charge in [-0.1, -0.05) is 32.4 Å². The summed E-state index contributed by atoms with van der Waals surface area (Å²) in [6.07, 6.45) is 5.98. The number of thioether (sulfide) groups is 1. The van der Waals surface area contributed by atoms with Crippen molar-refractivity contribution in [3.05, 3.63) is 11.6 Å². The first-order valence-corrected chi connectivity index (χ1v) is 7.98. The maximum atomic E-state index is 12.1. The van der Waals surface area contributed by atoms with Crippen LogP contribution in [0.15, 0.2) is 11.6 Å². The van der Waals surface area contributed by atoms with Gasteiger partial charge in [0, 0.05) is 13.1 Å². The Balaban J connectivity index is 2.52. The third-order valence-corrected chi connectivity index (χ3v) is 4.08. The minimum Gasteiger partial charge on any atom is -0.337 e. The summed E-state index contributed by atoms with van der Waals surface area (Å²) < 4.78 is 0. The predicted molar refractivity (Wildman–Crippen MR) is 79.7 cm³/mol. The summed E-state index contributed by atoms with van der Waals surface area (Å²) in [5.74, 6) is 1.05. The van der Waals surface area contributed by atoms with E-state index in [1.807, 2.05) is 11.2 Å². The molecule has 1 atom stereocenters. The van der Waals surface area contributed by atoms with Gasteiger partial charge in [-0.05, 0) is 30.3 Å². The molecule has 104 valence electrons. The maximum Gasteiger partial charge on any atom is 0.239 e. The van der Waals surface area contributed by atoms with E-state index < -0.39 is 0 Å². The molecule has 0 unspecified atom stereocenters. The predicted octanol–water partition coefficient (Wildman–Crippen LogP) is 2.27. The summed E-state index contributed by atoms with van der Waals surface area (Å²) in [7, 11) is 0. The molecule has 2 N–H and O–H groups in total. The highest BCUT2D eigenvalue weighted by molar-refractivity contribution is 7.98. The minimum absolute atomic E-state index is 0.105. The number of hydrogen-bond acceptors (Lipinski definition) is 3. The summed E-state index contributed by atoms with van der Waals surface area (Å²) in [5.41, 5.74) is 7.60. The molecule has 0 aromatic carbocycles. The first-order valence-electron chi connectivity index (χ1n) is 6.59. The fraction of sp³-hybridized carbons (Fsp3) is 0.786. The first kappa shape index (κ1) is 15.6. The molecule has 1 aliphatic heterocycles. The second kappa shape index (κ2) is 6.62. The van der Waals surface area contributed by atoms with Crippen LogP contribution in [0.3, 0.4) is 0 Å². The normalized spacial score (nSPS) is 18.5. The Labute approximate surface area is 115 Å². The van der Waals surface area contributed by atoms with E-state index >= 15 is 0 Å². The van der Waals surface area contributed by atoms with Crippen molar-refractivity contribution in [2.75, 3.05) is 25.1 Å². The smallest absolute Gasteiger partial charge is 0.239 e. The fourth-order valence-electron chi connectivity index (χ4n) is 2.15. The van der Waals surface area contributed by atoms with Gasteiger partial charge in [0.05, 0.1) is 6.04 Å². The molecule has 1 aliphatic rings. The van der Waals surface area contributed by atoms with Crippen LogP contribution in [0.25, 0.3) is 0 Å². The van der Waals surface area contributed by atoms with Crippen LogP contribution >= 0.6 is 11.8 Å². The molecule has 3 nitrogen and oxygen atoms in total. The van der Waals surface area contributed by atoms with Gasteiger partial charge in [0.1, 0.15) is 0 Å². The Bertz CT molecular complexity index is 320. The molecule has 0 aromatic heterocycles. The molecule has 0 spiro atoms. The highest BCUT2D eigenvalue weighted by Gasteiger charge is 2.25. The van der Waals surface area contributed by atoms with Crippen LogP contribution in [0.2, 0.25) is 0 Å². The van der Waals surface area contributed by atoms with E-state index in [9.17, 15) is 4.79 Å². The van der Waals surface area contributed by atoms with E-state index in [0.29, 0.717) is 0 Å². The molecule has 1 rings (SSSR count). The first-order chi connectivity index (χ1) is 8.36. The van der Waals surface area contributed by atoms with Gasteiger partial charge in [0.2, 0.25) is 5.91 Å².